The summed E-state index contributed by atoms with van der Waals surface area (Å²) >= 11 is 1.86. The number of hydrogen-bond acceptors (Lipinski definition) is 2. The van der Waals surface area contributed by atoms with Gasteiger partial charge < -0.3 is 4.90 Å². The van der Waals surface area contributed by atoms with E-state index in [9.17, 15) is 0 Å². The number of hydrogen-bond donors (Lipinski definition) is 0. The molecular weight excluding hydrogens is 358 g/mol. The zero-order chi connectivity index (χ0) is 19.1. The Morgan fingerprint density at radius 1 is 0.607 bits per heavy atom. The average molecular weight is 380 g/mol. The van der Waals surface area contributed by atoms with Crippen molar-refractivity contribution in [2.45, 2.75) is 6.92 Å². The van der Waals surface area contributed by atoms with E-state index in [0.29, 0.717) is 0 Å². The van der Waals surface area contributed by atoms with Gasteiger partial charge in [-0.05, 0) is 54.4 Å². The zero-order valence-electron chi connectivity index (χ0n) is 16.0. The van der Waals surface area contributed by atoms with Crippen LogP contribution in [0.4, 0.5) is 11.4 Å². The van der Waals surface area contributed by atoms with Crippen LogP contribution in [0.2, 0.25) is 0 Å². The number of anilines is 2. The monoisotopic (exact) mass is 379 g/mol. The van der Waals surface area contributed by atoms with E-state index < -0.39 is 0 Å². The second-order valence-electron chi connectivity index (χ2n) is 7.25. The smallest absolute Gasteiger partial charge is 0.0415 e. The van der Waals surface area contributed by atoms with Crippen molar-refractivity contribution >= 4 is 42.9 Å². The highest BCUT2D eigenvalue weighted by atomic mass is 32.1. The summed E-state index contributed by atoms with van der Waals surface area (Å²) in [6, 6.07) is 32.9. The van der Waals surface area contributed by atoms with Crippen molar-refractivity contribution in [3.8, 4) is 11.1 Å². The van der Waals surface area contributed by atoms with Gasteiger partial charge in [-0.1, -0.05) is 60.2 Å². The molecule has 0 N–H and O–H groups in total. The minimum absolute atomic E-state index is 1.19. The molecule has 0 bridgehead atoms. The van der Waals surface area contributed by atoms with E-state index in [4.69, 9.17) is 0 Å². The number of benzene rings is 4. The maximum atomic E-state index is 2.31. The number of nitrogens with zero attached hydrogens (tertiary/aromatic N) is 1. The summed E-state index contributed by atoms with van der Waals surface area (Å²) < 4.78 is 2.69. The van der Waals surface area contributed by atoms with Crippen LogP contribution in [0.15, 0.2) is 91.0 Å². The molecule has 5 rings (SSSR count). The standard InChI is InChI=1S/C26H21NS/c1-18-7-9-19(10-8-18)20-11-13-21(14-12-20)27(2)22-15-16-26-24(17-22)23-5-3-4-6-25(23)28-26/h3-17H,1-2H3. The molecule has 0 saturated heterocycles. The van der Waals surface area contributed by atoms with Crippen molar-refractivity contribution in [1.82, 2.24) is 0 Å². The molecular formula is C26H21NS. The largest absolute Gasteiger partial charge is 0.345 e. The van der Waals surface area contributed by atoms with Crippen LogP contribution in [0, 0.1) is 6.92 Å². The van der Waals surface area contributed by atoms with Crippen molar-refractivity contribution in [2.24, 2.45) is 0 Å². The molecule has 0 aliphatic heterocycles. The fourth-order valence-corrected chi connectivity index (χ4v) is 4.78. The molecule has 0 aliphatic carbocycles. The zero-order valence-corrected chi connectivity index (χ0v) is 16.8. The Morgan fingerprint density at radius 3 is 1.96 bits per heavy atom. The molecule has 0 aliphatic rings. The van der Waals surface area contributed by atoms with Crippen LogP contribution in [0.3, 0.4) is 0 Å². The molecule has 4 aromatic carbocycles. The Balaban J connectivity index is 1.49. The van der Waals surface area contributed by atoms with Crippen LogP contribution in [0.25, 0.3) is 31.3 Å². The van der Waals surface area contributed by atoms with Crippen LogP contribution in [0.1, 0.15) is 5.56 Å². The van der Waals surface area contributed by atoms with Crippen molar-refractivity contribution in [2.75, 3.05) is 11.9 Å². The predicted octanol–water partition coefficient (Wildman–Crippen LogP) is 7.80. The molecule has 0 atom stereocenters. The van der Waals surface area contributed by atoms with Crippen molar-refractivity contribution in [1.29, 1.82) is 0 Å². The summed E-state index contributed by atoms with van der Waals surface area (Å²) in [7, 11) is 2.14. The molecule has 5 aromatic rings. The lowest BCUT2D eigenvalue weighted by atomic mass is 10.0. The van der Waals surface area contributed by atoms with E-state index in [0.717, 1.165) is 0 Å². The van der Waals surface area contributed by atoms with Crippen LogP contribution >= 0.6 is 11.3 Å². The van der Waals surface area contributed by atoms with E-state index in [2.05, 4.69) is 110 Å². The molecule has 0 spiro atoms. The van der Waals surface area contributed by atoms with Gasteiger partial charge in [-0.3, -0.25) is 0 Å². The summed E-state index contributed by atoms with van der Waals surface area (Å²) in [5, 5.41) is 2.67. The van der Waals surface area contributed by atoms with Crippen molar-refractivity contribution in [3.05, 3.63) is 96.6 Å². The highest BCUT2D eigenvalue weighted by Crippen LogP contribution is 2.37. The average Bonchev–Trinajstić information content (AvgIpc) is 3.12. The van der Waals surface area contributed by atoms with Gasteiger partial charge in [0.25, 0.3) is 0 Å². The fraction of sp³-hybridized carbons (Fsp3) is 0.0769. The van der Waals surface area contributed by atoms with Crippen LogP contribution in [0.5, 0.6) is 0 Å². The highest BCUT2D eigenvalue weighted by molar-refractivity contribution is 7.25. The molecule has 1 heterocycles. The molecule has 2 heteroatoms. The Labute approximate surface area is 169 Å². The van der Waals surface area contributed by atoms with Gasteiger partial charge in [0.1, 0.15) is 0 Å². The highest BCUT2D eigenvalue weighted by Gasteiger charge is 2.09. The first-order valence-electron chi connectivity index (χ1n) is 9.51. The van der Waals surface area contributed by atoms with Gasteiger partial charge in [-0.25, -0.2) is 0 Å². The predicted molar refractivity (Wildman–Crippen MR) is 124 cm³/mol. The topological polar surface area (TPSA) is 3.24 Å². The Bertz CT molecular complexity index is 1260. The summed E-state index contributed by atoms with van der Waals surface area (Å²) in [5.41, 5.74) is 6.19. The van der Waals surface area contributed by atoms with Gasteiger partial charge in [0.15, 0.2) is 0 Å². The minimum Gasteiger partial charge on any atom is -0.345 e. The normalized spacial score (nSPS) is 11.2. The van der Waals surface area contributed by atoms with E-state index in [1.807, 2.05) is 11.3 Å². The molecule has 1 nitrogen and oxygen atoms in total. The summed E-state index contributed by atoms with van der Waals surface area (Å²) in [5.74, 6) is 0. The molecule has 0 amide bonds. The van der Waals surface area contributed by atoms with Crippen LogP contribution < -0.4 is 4.90 Å². The molecule has 0 fully saturated rings. The van der Waals surface area contributed by atoms with Crippen molar-refractivity contribution in [3.63, 3.8) is 0 Å². The number of thiophene rings is 1. The van der Waals surface area contributed by atoms with Gasteiger partial charge in [0.2, 0.25) is 0 Å². The first kappa shape index (κ1) is 17.0. The Kier molecular flexibility index (Phi) is 4.14. The first-order valence-corrected chi connectivity index (χ1v) is 10.3. The third kappa shape index (κ3) is 2.96. The SMILES string of the molecule is Cc1ccc(-c2ccc(N(C)c3ccc4sc5ccccc5c4c3)cc2)cc1. The molecule has 0 saturated carbocycles. The lowest BCUT2D eigenvalue weighted by Gasteiger charge is -2.20. The second-order valence-corrected chi connectivity index (χ2v) is 8.33. The Hall–Kier alpha value is -3.10. The molecule has 0 unspecified atom stereocenters. The quantitative estimate of drug-likeness (QED) is 0.309. The van der Waals surface area contributed by atoms with Gasteiger partial charge >= 0.3 is 0 Å². The van der Waals surface area contributed by atoms with E-state index in [-0.39, 0.29) is 0 Å². The lowest BCUT2D eigenvalue weighted by molar-refractivity contribution is 1.21. The third-order valence-electron chi connectivity index (χ3n) is 5.39. The van der Waals surface area contributed by atoms with E-state index in [1.165, 1.54) is 48.2 Å². The summed E-state index contributed by atoms with van der Waals surface area (Å²) in [4.78, 5) is 2.25. The minimum atomic E-state index is 1.19. The van der Waals surface area contributed by atoms with Crippen LogP contribution in [-0.2, 0) is 0 Å². The summed E-state index contributed by atoms with van der Waals surface area (Å²) in [6.45, 7) is 2.12. The van der Waals surface area contributed by atoms with Crippen LogP contribution in [-0.4, -0.2) is 7.05 Å². The van der Waals surface area contributed by atoms with Crippen molar-refractivity contribution < 1.29 is 0 Å². The first-order chi connectivity index (χ1) is 13.7. The lowest BCUT2D eigenvalue weighted by Crippen LogP contribution is -2.08. The number of fused-ring (bicyclic) bond motifs is 3. The van der Waals surface area contributed by atoms with Gasteiger partial charge in [0.05, 0.1) is 0 Å². The molecule has 0 radical (unpaired) electrons. The maximum absolute atomic E-state index is 2.31. The fourth-order valence-electron chi connectivity index (χ4n) is 3.70. The maximum Gasteiger partial charge on any atom is 0.0415 e. The molecule has 28 heavy (non-hydrogen) atoms. The van der Waals surface area contributed by atoms with E-state index in [1.54, 1.807) is 0 Å². The number of aryl methyl sites for hydroxylation is 1. The molecule has 1 aromatic heterocycles. The molecule has 136 valence electrons. The van der Waals surface area contributed by atoms with Gasteiger partial charge in [-0.15, -0.1) is 11.3 Å². The van der Waals surface area contributed by atoms with Gasteiger partial charge in [0, 0.05) is 38.6 Å². The number of rotatable bonds is 3. The summed E-state index contributed by atoms with van der Waals surface area (Å²) in [6.07, 6.45) is 0. The Morgan fingerprint density at radius 2 is 1.21 bits per heavy atom. The third-order valence-corrected chi connectivity index (χ3v) is 6.54. The second kappa shape index (κ2) is 6.81. The van der Waals surface area contributed by atoms with E-state index >= 15 is 0 Å². The van der Waals surface area contributed by atoms with Gasteiger partial charge in [-0.2, -0.15) is 0 Å².